The fourth-order valence-electron chi connectivity index (χ4n) is 4.41. The number of hydrogen-bond acceptors (Lipinski definition) is 7. The maximum absolute atomic E-state index is 13.0. The van der Waals surface area contributed by atoms with Gasteiger partial charge in [0.25, 0.3) is 5.56 Å². The number of H-pyrrole nitrogens is 1. The Morgan fingerprint density at radius 3 is 2.34 bits per heavy atom. The van der Waals surface area contributed by atoms with E-state index in [1.54, 1.807) is 0 Å². The molecule has 168 valence electrons. The second-order valence-corrected chi connectivity index (χ2v) is 7.75. The third-order valence-electron chi connectivity index (χ3n) is 5.90. The number of aromatic amines is 1. The van der Waals surface area contributed by atoms with Crippen molar-refractivity contribution in [2.45, 2.75) is 38.6 Å². The molecule has 0 unspecified atom stereocenters. The summed E-state index contributed by atoms with van der Waals surface area (Å²) in [6.07, 6.45) is 2.88. The van der Waals surface area contributed by atoms with Gasteiger partial charge in [0, 0.05) is 24.7 Å². The van der Waals surface area contributed by atoms with E-state index in [-0.39, 0.29) is 18.1 Å². The summed E-state index contributed by atoms with van der Waals surface area (Å²) in [4.78, 5) is 44.8. The van der Waals surface area contributed by atoms with E-state index in [1.165, 1.54) is 32.1 Å². The maximum Gasteiger partial charge on any atom is 0.329 e. The molecule has 1 atom stereocenters. The van der Waals surface area contributed by atoms with Crippen molar-refractivity contribution in [1.82, 2.24) is 14.5 Å². The van der Waals surface area contributed by atoms with Crippen LogP contribution in [0.3, 0.4) is 0 Å². The number of carbonyl (C=O) groups is 1. The highest BCUT2D eigenvalue weighted by atomic mass is 16.5. The molecule has 9 nitrogen and oxygen atoms in total. The first-order valence-electron chi connectivity index (χ1n) is 10.4. The molecule has 0 aliphatic heterocycles. The molecule has 0 amide bonds. The van der Waals surface area contributed by atoms with Gasteiger partial charge in [0.15, 0.2) is 17.3 Å². The van der Waals surface area contributed by atoms with Gasteiger partial charge in [-0.1, -0.05) is 6.92 Å². The number of ether oxygens (including phenoxy) is 3. The van der Waals surface area contributed by atoms with E-state index in [1.807, 2.05) is 19.1 Å². The second kappa shape index (κ2) is 8.49. The lowest BCUT2D eigenvalue weighted by molar-refractivity contribution is 0.0964. The first-order chi connectivity index (χ1) is 15.4. The van der Waals surface area contributed by atoms with Gasteiger partial charge in [-0.2, -0.15) is 0 Å². The van der Waals surface area contributed by atoms with Gasteiger partial charge in [0.05, 0.1) is 26.7 Å². The van der Waals surface area contributed by atoms with Gasteiger partial charge in [0.1, 0.15) is 5.65 Å². The molecular weight excluding hydrogens is 414 g/mol. The summed E-state index contributed by atoms with van der Waals surface area (Å²) < 4.78 is 17.8. The Hall–Kier alpha value is -3.62. The normalized spacial score (nSPS) is 15.5. The number of rotatable bonds is 6. The number of nitrogens with zero attached hydrogens (tertiary/aromatic N) is 2. The van der Waals surface area contributed by atoms with Crippen LogP contribution in [0.5, 0.6) is 17.2 Å². The molecule has 4 rings (SSSR count). The van der Waals surface area contributed by atoms with Gasteiger partial charge < -0.3 is 14.2 Å². The number of pyridine rings is 1. The van der Waals surface area contributed by atoms with E-state index in [9.17, 15) is 14.4 Å². The largest absolute Gasteiger partial charge is 0.493 e. The number of fused-ring (bicyclic) bond motifs is 3. The first kappa shape index (κ1) is 21.6. The van der Waals surface area contributed by atoms with Crippen molar-refractivity contribution in [3.05, 3.63) is 55.9 Å². The lowest BCUT2D eigenvalue weighted by Gasteiger charge is -2.26. The maximum atomic E-state index is 13.0. The summed E-state index contributed by atoms with van der Waals surface area (Å²) in [6.45, 7) is 2.36. The van der Waals surface area contributed by atoms with Crippen LogP contribution in [0, 0.1) is 0 Å². The topological polar surface area (TPSA) is 113 Å². The van der Waals surface area contributed by atoms with E-state index in [0.29, 0.717) is 58.8 Å². The third-order valence-corrected chi connectivity index (χ3v) is 5.90. The van der Waals surface area contributed by atoms with E-state index >= 15 is 0 Å². The quantitative estimate of drug-likeness (QED) is 0.628. The molecule has 1 aliphatic rings. The van der Waals surface area contributed by atoms with Crippen LogP contribution in [0.25, 0.3) is 11.0 Å². The van der Waals surface area contributed by atoms with Gasteiger partial charge in [-0.05, 0) is 42.0 Å². The molecule has 2 heterocycles. The molecule has 0 bridgehead atoms. The van der Waals surface area contributed by atoms with Gasteiger partial charge in [-0.25, -0.2) is 9.78 Å². The Morgan fingerprint density at radius 2 is 1.75 bits per heavy atom. The van der Waals surface area contributed by atoms with Crippen LogP contribution in [0.1, 0.15) is 47.2 Å². The minimum atomic E-state index is -0.528. The highest BCUT2D eigenvalue weighted by Gasteiger charge is 2.31. The van der Waals surface area contributed by atoms with Crippen LogP contribution in [0.2, 0.25) is 0 Å². The molecule has 9 heteroatoms. The molecule has 0 saturated heterocycles. The molecule has 0 spiro atoms. The van der Waals surface area contributed by atoms with Crippen LogP contribution < -0.4 is 25.5 Å². The molecule has 1 N–H and O–H groups in total. The molecule has 2 aromatic heterocycles. The van der Waals surface area contributed by atoms with Crippen LogP contribution in [0.15, 0.2) is 27.9 Å². The van der Waals surface area contributed by atoms with Gasteiger partial charge in [-0.3, -0.25) is 19.1 Å². The summed E-state index contributed by atoms with van der Waals surface area (Å²) >= 11 is 0. The van der Waals surface area contributed by atoms with Crippen LogP contribution in [-0.4, -0.2) is 41.6 Å². The molecule has 1 aliphatic carbocycles. The van der Waals surface area contributed by atoms with Gasteiger partial charge >= 0.3 is 5.69 Å². The summed E-state index contributed by atoms with van der Waals surface area (Å²) in [7, 11) is 4.60. The SMILES string of the molecule is CCCn1c(=O)[nH]c(=O)c2c3c(cnc21)C(=O)C[C@H](c1cc(OC)c(OC)c(OC)c1)C3. The zero-order valence-corrected chi connectivity index (χ0v) is 18.5. The monoisotopic (exact) mass is 439 g/mol. The lowest BCUT2D eigenvalue weighted by Crippen LogP contribution is -2.33. The van der Waals surface area contributed by atoms with Gasteiger partial charge in [-0.15, -0.1) is 0 Å². The van der Waals surface area contributed by atoms with Crippen molar-refractivity contribution in [2.75, 3.05) is 21.3 Å². The number of benzene rings is 1. The summed E-state index contributed by atoms with van der Waals surface area (Å²) in [5.41, 5.74) is 1.14. The molecule has 1 aromatic carbocycles. The standard InChI is InChI=1S/C23H25N3O6/c1-5-6-26-21-19(22(28)25-23(26)29)14-7-12(8-16(27)15(14)11-24-21)13-9-17(30-2)20(32-4)18(10-13)31-3/h9-12H,5-8H2,1-4H3,(H,25,28,29)/t12-/m1/s1. The average molecular weight is 439 g/mol. The number of Topliss-reactive ketones (excluding diaryl/α,β-unsaturated/α-hetero) is 1. The minimum absolute atomic E-state index is 0.105. The average Bonchev–Trinajstić information content (AvgIpc) is 2.79. The van der Waals surface area contributed by atoms with Crippen molar-refractivity contribution < 1.29 is 19.0 Å². The number of carbonyl (C=O) groups excluding carboxylic acids is 1. The number of hydrogen-bond donors (Lipinski definition) is 1. The summed E-state index contributed by atoms with van der Waals surface area (Å²) in [6, 6.07) is 3.65. The number of aryl methyl sites for hydroxylation is 1. The Labute approximate surface area is 184 Å². The van der Waals surface area contributed by atoms with Gasteiger partial charge in [0.2, 0.25) is 5.75 Å². The number of nitrogens with one attached hydrogen (secondary N) is 1. The minimum Gasteiger partial charge on any atom is -0.493 e. The molecule has 0 radical (unpaired) electrons. The molecule has 0 saturated carbocycles. The highest BCUT2D eigenvalue weighted by Crippen LogP contribution is 2.43. The fraction of sp³-hybridized carbons (Fsp3) is 0.391. The summed E-state index contributed by atoms with van der Waals surface area (Å²) in [5.74, 6) is 1.15. The predicted octanol–water partition coefficient (Wildman–Crippen LogP) is 2.43. The zero-order valence-electron chi connectivity index (χ0n) is 18.5. The number of ketones is 1. The predicted molar refractivity (Wildman–Crippen MR) is 118 cm³/mol. The molecule has 0 fully saturated rings. The second-order valence-electron chi connectivity index (χ2n) is 7.75. The van der Waals surface area contributed by atoms with E-state index < -0.39 is 11.2 Å². The van der Waals surface area contributed by atoms with Crippen LogP contribution in [0.4, 0.5) is 0 Å². The number of aromatic nitrogens is 3. The Morgan fingerprint density at radius 1 is 1.06 bits per heavy atom. The Balaban J connectivity index is 1.90. The molecule has 32 heavy (non-hydrogen) atoms. The van der Waals surface area contributed by atoms with Crippen molar-refractivity contribution in [3.63, 3.8) is 0 Å². The van der Waals surface area contributed by atoms with Crippen LogP contribution in [-0.2, 0) is 13.0 Å². The smallest absolute Gasteiger partial charge is 0.329 e. The third kappa shape index (κ3) is 3.43. The van der Waals surface area contributed by atoms with E-state index in [0.717, 1.165) is 5.56 Å². The Kier molecular flexibility index (Phi) is 5.73. The van der Waals surface area contributed by atoms with Crippen LogP contribution >= 0.6 is 0 Å². The lowest BCUT2D eigenvalue weighted by atomic mass is 9.79. The first-order valence-corrected chi connectivity index (χ1v) is 10.4. The fourth-order valence-corrected chi connectivity index (χ4v) is 4.41. The van der Waals surface area contributed by atoms with E-state index in [2.05, 4.69) is 9.97 Å². The van der Waals surface area contributed by atoms with E-state index in [4.69, 9.17) is 14.2 Å². The Bertz CT molecular complexity index is 1300. The number of methoxy groups -OCH3 is 3. The van der Waals surface area contributed by atoms with Crippen molar-refractivity contribution in [1.29, 1.82) is 0 Å². The molecule has 3 aromatic rings. The van der Waals surface area contributed by atoms with Crippen molar-refractivity contribution in [3.8, 4) is 17.2 Å². The molecular formula is C23H25N3O6. The van der Waals surface area contributed by atoms with Crippen molar-refractivity contribution >= 4 is 16.8 Å². The van der Waals surface area contributed by atoms with Crippen molar-refractivity contribution in [2.24, 2.45) is 0 Å². The highest BCUT2D eigenvalue weighted by molar-refractivity contribution is 6.02. The summed E-state index contributed by atoms with van der Waals surface area (Å²) in [5, 5.41) is 0.293. The zero-order chi connectivity index (χ0) is 23.0.